The van der Waals surface area contributed by atoms with Gasteiger partial charge in [0.25, 0.3) is 0 Å². The van der Waals surface area contributed by atoms with E-state index in [1.54, 1.807) is 0 Å². The summed E-state index contributed by atoms with van der Waals surface area (Å²) in [7, 11) is 2.07. The van der Waals surface area contributed by atoms with Crippen molar-refractivity contribution in [3.05, 3.63) is 29.6 Å². The van der Waals surface area contributed by atoms with E-state index < -0.39 is 0 Å². The summed E-state index contributed by atoms with van der Waals surface area (Å²) in [6.45, 7) is 6.72. The van der Waals surface area contributed by atoms with Gasteiger partial charge < -0.3 is 5.32 Å². The first kappa shape index (κ1) is 12.5. The smallest absolute Gasteiger partial charge is 0.0315 e. The first-order valence-corrected chi connectivity index (χ1v) is 6.51. The van der Waals surface area contributed by atoms with E-state index in [-0.39, 0.29) is 0 Å². The summed E-state index contributed by atoms with van der Waals surface area (Å²) in [5.74, 6) is 0. The zero-order valence-electron chi connectivity index (χ0n) is 11.1. The Hall–Kier alpha value is -0.930. The van der Waals surface area contributed by atoms with Crippen molar-refractivity contribution in [1.29, 1.82) is 0 Å². The van der Waals surface area contributed by atoms with Crippen LogP contribution in [0.15, 0.2) is 18.5 Å². The second-order valence-electron chi connectivity index (χ2n) is 5.13. The normalized spacial score (nSPS) is 26.1. The summed E-state index contributed by atoms with van der Waals surface area (Å²) in [4.78, 5) is 6.80. The van der Waals surface area contributed by atoms with Crippen LogP contribution in [0.25, 0.3) is 0 Å². The predicted molar refractivity (Wildman–Crippen MR) is 70.9 cm³/mol. The monoisotopic (exact) mass is 233 g/mol. The lowest BCUT2D eigenvalue weighted by Crippen LogP contribution is -2.46. The van der Waals surface area contributed by atoms with Crippen LogP contribution in [-0.4, -0.2) is 35.6 Å². The fourth-order valence-corrected chi connectivity index (χ4v) is 2.60. The maximum Gasteiger partial charge on any atom is 0.0315 e. The van der Waals surface area contributed by atoms with Crippen molar-refractivity contribution in [3.8, 4) is 0 Å². The van der Waals surface area contributed by atoms with Crippen molar-refractivity contribution >= 4 is 0 Å². The third kappa shape index (κ3) is 3.05. The van der Waals surface area contributed by atoms with E-state index >= 15 is 0 Å². The molecule has 0 radical (unpaired) electrons. The first-order valence-electron chi connectivity index (χ1n) is 6.51. The van der Waals surface area contributed by atoms with Crippen molar-refractivity contribution < 1.29 is 0 Å². The van der Waals surface area contributed by atoms with Gasteiger partial charge in [0.15, 0.2) is 0 Å². The summed E-state index contributed by atoms with van der Waals surface area (Å²) in [5.41, 5.74) is 2.71. The lowest BCUT2D eigenvalue weighted by atomic mass is 9.97. The molecular formula is C14H23N3. The topological polar surface area (TPSA) is 28.2 Å². The van der Waals surface area contributed by atoms with Crippen molar-refractivity contribution in [1.82, 2.24) is 15.2 Å². The zero-order chi connectivity index (χ0) is 12.3. The zero-order valence-corrected chi connectivity index (χ0v) is 11.1. The highest BCUT2D eigenvalue weighted by atomic mass is 15.2. The van der Waals surface area contributed by atoms with E-state index in [0.717, 1.165) is 6.54 Å². The largest absolute Gasteiger partial charge is 0.317 e. The number of aryl methyl sites for hydroxylation is 1. The molecule has 0 bridgehead atoms. The molecule has 0 amide bonds. The number of hydrogen-bond donors (Lipinski definition) is 1. The second kappa shape index (κ2) is 5.61. The van der Waals surface area contributed by atoms with Gasteiger partial charge in [0.2, 0.25) is 0 Å². The quantitative estimate of drug-likeness (QED) is 0.865. The number of rotatable bonds is 3. The van der Waals surface area contributed by atoms with E-state index in [4.69, 9.17) is 0 Å². The van der Waals surface area contributed by atoms with Gasteiger partial charge in [-0.15, -0.1) is 0 Å². The molecule has 0 spiro atoms. The number of nitrogens with zero attached hydrogens (tertiary/aromatic N) is 2. The average Bonchev–Trinajstić information content (AvgIpc) is 2.34. The number of nitrogens with one attached hydrogen (secondary N) is 1. The molecule has 1 aliphatic rings. The minimum atomic E-state index is 0.654. The minimum Gasteiger partial charge on any atom is -0.317 e. The minimum absolute atomic E-state index is 0.654. The van der Waals surface area contributed by atoms with Crippen molar-refractivity contribution in [2.75, 3.05) is 13.6 Å². The molecular weight excluding hydrogens is 210 g/mol. The van der Waals surface area contributed by atoms with Crippen LogP contribution in [0, 0.1) is 6.92 Å². The highest BCUT2D eigenvalue weighted by Crippen LogP contribution is 2.20. The maximum absolute atomic E-state index is 4.23. The summed E-state index contributed by atoms with van der Waals surface area (Å²) >= 11 is 0. The van der Waals surface area contributed by atoms with E-state index in [1.807, 2.05) is 12.4 Å². The van der Waals surface area contributed by atoms with E-state index in [2.05, 4.69) is 42.2 Å². The van der Waals surface area contributed by atoms with Crippen LogP contribution in [-0.2, 0) is 6.54 Å². The molecule has 1 saturated heterocycles. The molecule has 17 heavy (non-hydrogen) atoms. The standard InChI is InChI=1S/C14H23N3/c1-11-4-6-16-9-13(11)10-17-7-5-14(15-3)8-12(17)2/h4,6,9,12,14-15H,5,7-8,10H2,1-3H3. The average molecular weight is 233 g/mol. The molecule has 2 rings (SSSR count). The Kier molecular flexibility index (Phi) is 4.13. The number of piperidine rings is 1. The third-order valence-electron chi connectivity index (χ3n) is 3.94. The molecule has 2 atom stereocenters. The highest BCUT2D eigenvalue weighted by Gasteiger charge is 2.24. The third-order valence-corrected chi connectivity index (χ3v) is 3.94. The van der Waals surface area contributed by atoms with Crippen LogP contribution in [0.4, 0.5) is 0 Å². The summed E-state index contributed by atoms with van der Waals surface area (Å²) in [6.07, 6.45) is 6.37. The number of pyridine rings is 1. The molecule has 1 aromatic rings. The van der Waals surface area contributed by atoms with Crippen LogP contribution in [0.3, 0.4) is 0 Å². The molecule has 1 N–H and O–H groups in total. The van der Waals surface area contributed by atoms with Gasteiger partial charge in [-0.05, 0) is 50.9 Å². The molecule has 1 aliphatic heterocycles. The second-order valence-corrected chi connectivity index (χ2v) is 5.13. The van der Waals surface area contributed by atoms with Crippen LogP contribution in [0.1, 0.15) is 30.9 Å². The molecule has 0 saturated carbocycles. The number of likely N-dealkylation sites (tertiary alicyclic amines) is 1. The molecule has 3 heteroatoms. The maximum atomic E-state index is 4.23. The van der Waals surface area contributed by atoms with Crippen LogP contribution in [0.2, 0.25) is 0 Å². The number of aromatic nitrogens is 1. The fraction of sp³-hybridized carbons (Fsp3) is 0.643. The fourth-order valence-electron chi connectivity index (χ4n) is 2.60. The highest BCUT2D eigenvalue weighted by molar-refractivity contribution is 5.21. The van der Waals surface area contributed by atoms with Gasteiger partial charge in [0.1, 0.15) is 0 Å². The Bertz CT molecular complexity index is 364. The van der Waals surface area contributed by atoms with Crippen LogP contribution >= 0.6 is 0 Å². The molecule has 2 unspecified atom stereocenters. The van der Waals surface area contributed by atoms with E-state index in [1.165, 1.54) is 30.5 Å². The molecule has 3 nitrogen and oxygen atoms in total. The molecule has 1 aromatic heterocycles. The summed E-state index contributed by atoms with van der Waals surface area (Å²) in [6, 6.07) is 3.44. The Morgan fingerprint density at radius 1 is 1.53 bits per heavy atom. The van der Waals surface area contributed by atoms with E-state index in [0.29, 0.717) is 12.1 Å². The Morgan fingerprint density at radius 2 is 2.35 bits per heavy atom. The lowest BCUT2D eigenvalue weighted by Gasteiger charge is -2.37. The Balaban J connectivity index is 1.98. The van der Waals surface area contributed by atoms with Gasteiger partial charge in [-0.1, -0.05) is 0 Å². The van der Waals surface area contributed by atoms with E-state index in [9.17, 15) is 0 Å². The Morgan fingerprint density at radius 3 is 3.00 bits per heavy atom. The Labute approximate surface area is 104 Å². The molecule has 94 valence electrons. The van der Waals surface area contributed by atoms with Gasteiger partial charge in [-0.3, -0.25) is 9.88 Å². The molecule has 0 aliphatic carbocycles. The van der Waals surface area contributed by atoms with Gasteiger partial charge in [-0.25, -0.2) is 0 Å². The lowest BCUT2D eigenvalue weighted by molar-refractivity contribution is 0.131. The van der Waals surface area contributed by atoms with Crippen LogP contribution < -0.4 is 5.32 Å². The summed E-state index contributed by atoms with van der Waals surface area (Å²) in [5, 5.41) is 3.39. The first-order chi connectivity index (χ1) is 8.20. The number of hydrogen-bond acceptors (Lipinski definition) is 3. The van der Waals surface area contributed by atoms with Crippen molar-refractivity contribution in [3.63, 3.8) is 0 Å². The SMILES string of the molecule is CNC1CCN(Cc2cnccc2C)C(C)C1. The predicted octanol–water partition coefficient (Wildman–Crippen LogP) is 1.96. The van der Waals surface area contributed by atoms with Gasteiger partial charge >= 0.3 is 0 Å². The van der Waals surface area contributed by atoms with Crippen molar-refractivity contribution in [2.24, 2.45) is 0 Å². The summed E-state index contributed by atoms with van der Waals surface area (Å²) < 4.78 is 0. The van der Waals surface area contributed by atoms with Crippen LogP contribution in [0.5, 0.6) is 0 Å². The van der Waals surface area contributed by atoms with Gasteiger partial charge in [0.05, 0.1) is 0 Å². The van der Waals surface area contributed by atoms with Crippen molar-refractivity contribution in [2.45, 2.75) is 45.3 Å². The molecule has 1 fully saturated rings. The molecule has 2 heterocycles. The van der Waals surface area contributed by atoms with Gasteiger partial charge in [-0.2, -0.15) is 0 Å². The van der Waals surface area contributed by atoms with Gasteiger partial charge in [0, 0.05) is 37.6 Å². The molecule has 0 aromatic carbocycles.